The lowest BCUT2D eigenvalue weighted by atomic mass is 9.95. The average molecular weight is 287 g/mol. The van der Waals surface area contributed by atoms with Crippen LogP contribution in [0.2, 0.25) is 0 Å². The van der Waals surface area contributed by atoms with Crippen LogP contribution in [0.3, 0.4) is 0 Å². The highest BCUT2D eigenvalue weighted by Gasteiger charge is 2.28. The van der Waals surface area contributed by atoms with E-state index < -0.39 is 5.97 Å². The Hall–Kier alpha value is -1.84. The monoisotopic (exact) mass is 287 g/mol. The molecule has 2 aliphatic rings. The first-order chi connectivity index (χ1) is 10.2. The van der Waals surface area contributed by atoms with Crippen LogP contribution in [0.1, 0.15) is 54.4 Å². The van der Waals surface area contributed by atoms with Crippen molar-refractivity contribution in [2.75, 3.05) is 11.4 Å². The minimum absolute atomic E-state index is 0.158. The van der Waals surface area contributed by atoms with Crippen molar-refractivity contribution in [2.45, 2.75) is 44.9 Å². The van der Waals surface area contributed by atoms with Crippen LogP contribution in [0.25, 0.3) is 0 Å². The van der Waals surface area contributed by atoms with Crippen LogP contribution < -0.4 is 4.90 Å². The topological polar surface area (TPSA) is 57.6 Å². The Morgan fingerprint density at radius 2 is 1.95 bits per heavy atom. The van der Waals surface area contributed by atoms with Gasteiger partial charge in [-0.25, -0.2) is 4.79 Å². The molecular weight excluding hydrogens is 266 g/mol. The second-order valence-corrected chi connectivity index (χ2v) is 6.11. The number of carboxylic acid groups (broad SMARTS) is 1. The maximum absolute atomic E-state index is 12.6. The Balaban J connectivity index is 1.84. The van der Waals surface area contributed by atoms with E-state index in [2.05, 4.69) is 0 Å². The second-order valence-electron chi connectivity index (χ2n) is 6.11. The van der Waals surface area contributed by atoms with Crippen LogP contribution in [0.15, 0.2) is 18.2 Å². The van der Waals surface area contributed by atoms with Crippen molar-refractivity contribution in [3.8, 4) is 0 Å². The average Bonchev–Trinajstić information content (AvgIpc) is 2.98. The first-order valence-corrected chi connectivity index (χ1v) is 7.82. The van der Waals surface area contributed by atoms with E-state index in [-0.39, 0.29) is 5.91 Å². The number of rotatable bonds is 3. The van der Waals surface area contributed by atoms with Gasteiger partial charge < -0.3 is 10.0 Å². The molecule has 1 aliphatic carbocycles. The minimum Gasteiger partial charge on any atom is -0.478 e. The van der Waals surface area contributed by atoms with Gasteiger partial charge in [-0.05, 0) is 49.3 Å². The van der Waals surface area contributed by atoms with Crippen LogP contribution in [-0.4, -0.2) is 23.5 Å². The van der Waals surface area contributed by atoms with E-state index in [9.17, 15) is 14.7 Å². The van der Waals surface area contributed by atoms with E-state index in [1.807, 2.05) is 11.0 Å². The Morgan fingerprint density at radius 1 is 1.19 bits per heavy atom. The molecule has 1 fully saturated rings. The largest absolute Gasteiger partial charge is 0.478 e. The number of amides is 1. The second kappa shape index (κ2) is 5.88. The highest BCUT2D eigenvalue weighted by atomic mass is 16.4. The summed E-state index contributed by atoms with van der Waals surface area (Å²) >= 11 is 0. The molecule has 0 unspecified atom stereocenters. The molecule has 3 rings (SSSR count). The molecule has 21 heavy (non-hydrogen) atoms. The molecule has 4 nitrogen and oxygen atoms in total. The van der Waals surface area contributed by atoms with Gasteiger partial charge >= 0.3 is 5.97 Å². The van der Waals surface area contributed by atoms with Gasteiger partial charge in [-0.3, -0.25) is 4.79 Å². The van der Waals surface area contributed by atoms with Gasteiger partial charge in [0.05, 0.1) is 5.56 Å². The molecular formula is C17H21NO3. The summed E-state index contributed by atoms with van der Waals surface area (Å²) in [5.74, 6) is -0.229. The molecule has 0 bridgehead atoms. The number of fused-ring (bicyclic) bond motifs is 1. The van der Waals surface area contributed by atoms with Crippen LogP contribution in [0.5, 0.6) is 0 Å². The van der Waals surface area contributed by atoms with Crippen molar-refractivity contribution >= 4 is 17.6 Å². The lowest BCUT2D eigenvalue weighted by Gasteiger charge is -2.31. The smallest absolute Gasteiger partial charge is 0.336 e. The number of hydrogen-bond acceptors (Lipinski definition) is 2. The van der Waals surface area contributed by atoms with Crippen LogP contribution in [0.4, 0.5) is 5.69 Å². The van der Waals surface area contributed by atoms with Crippen molar-refractivity contribution in [1.29, 1.82) is 0 Å². The summed E-state index contributed by atoms with van der Waals surface area (Å²) in [6.07, 6.45) is 6.97. The summed E-state index contributed by atoms with van der Waals surface area (Å²) in [4.78, 5) is 25.7. The normalized spacial score (nSPS) is 18.6. The first-order valence-electron chi connectivity index (χ1n) is 7.82. The summed E-state index contributed by atoms with van der Waals surface area (Å²) in [6.45, 7) is 0.710. The van der Waals surface area contributed by atoms with Crippen molar-refractivity contribution in [1.82, 2.24) is 0 Å². The fraction of sp³-hybridized carbons (Fsp3) is 0.529. The number of benzene rings is 1. The predicted octanol–water partition coefficient (Wildman–Crippen LogP) is 3.24. The van der Waals surface area contributed by atoms with E-state index in [0.29, 0.717) is 24.4 Å². The van der Waals surface area contributed by atoms with Gasteiger partial charge in [-0.15, -0.1) is 0 Å². The zero-order valence-corrected chi connectivity index (χ0v) is 12.2. The van der Waals surface area contributed by atoms with E-state index in [1.54, 1.807) is 12.1 Å². The summed E-state index contributed by atoms with van der Waals surface area (Å²) < 4.78 is 0. The lowest BCUT2D eigenvalue weighted by Crippen LogP contribution is -2.36. The predicted molar refractivity (Wildman–Crippen MR) is 80.7 cm³/mol. The third-order valence-electron chi connectivity index (χ3n) is 4.72. The number of hydrogen-bond donors (Lipinski definition) is 1. The Labute approximate surface area is 124 Å². The van der Waals surface area contributed by atoms with Crippen molar-refractivity contribution in [2.24, 2.45) is 5.92 Å². The van der Waals surface area contributed by atoms with Crippen molar-refractivity contribution < 1.29 is 14.7 Å². The SMILES string of the molecule is O=C(O)c1cccc2c1CCCN2C(=O)CC1CCCC1. The van der Waals surface area contributed by atoms with Crippen LogP contribution in [-0.2, 0) is 11.2 Å². The van der Waals surface area contributed by atoms with E-state index in [1.165, 1.54) is 12.8 Å². The highest BCUT2D eigenvalue weighted by molar-refractivity contribution is 5.98. The molecule has 1 heterocycles. The third kappa shape index (κ3) is 2.80. The van der Waals surface area contributed by atoms with E-state index in [0.717, 1.165) is 36.9 Å². The molecule has 0 saturated heterocycles. The minimum atomic E-state index is -0.906. The fourth-order valence-corrected chi connectivity index (χ4v) is 3.66. The number of carbonyl (C=O) groups is 2. The van der Waals surface area contributed by atoms with Gasteiger partial charge in [0.25, 0.3) is 0 Å². The summed E-state index contributed by atoms with van der Waals surface area (Å²) in [5, 5.41) is 9.29. The van der Waals surface area contributed by atoms with Gasteiger partial charge in [0.2, 0.25) is 5.91 Å². The molecule has 1 aromatic rings. The quantitative estimate of drug-likeness (QED) is 0.928. The van der Waals surface area contributed by atoms with E-state index in [4.69, 9.17) is 0 Å². The maximum Gasteiger partial charge on any atom is 0.336 e. The Kier molecular flexibility index (Phi) is 3.95. The first kappa shape index (κ1) is 14.1. The molecule has 1 aromatic carbocycles. The summed E-state index contributed by atoms with van der Waals surface area (Å²) in [7, 11) is 0. The van der Waals surface area contributed by atoms with E-state index >= 15 is 0 Å². The fourth-order valence-electron chi connectivity index (χ4n) is 3.66. The maximum atomic E-state index is 12.6. The summed E-state index contributed by atoms with van der Waals surface area (Å²) in [5.41, 5.74) is 1.96. The zero-order chi connectivity index (χ0) is 14.8. The van der Waals surface area contributed by atoms with Gasteiger partial charge in [-0.1, -0.05) is 18.9 Å². The lowest BCUT2D eigenvalue weighted by molar-refractivity contribution is -0.119. The zero-order valence-electron chi connectivity index (χ0n) is 12.2. The van der Waals surface area contributed by atoms with Gasteiger partial charge in [0, 0.05) is 18.7 Å². The Morgan fingerprint density at radius 3 is 2.67 bits per heavy atom. The number of aromatic carboxylic acids is 1. The standard InChI is InChI=1S/C17H21NO3/c19-16(11-12-5-1-2-6-12)18-10-4-8-13-14(17(20)21)7-3-9-15(13)18/h3,7,9,12H,1-2,4-6,8,10-11H2,(H,20,21). The number of nitrogens with zero attached hydrogens (tertiary/aromatic N) is 1. The molecule has 0 radical (unpaired) electrons. The molecule has 0 atom stereocenters. The van der Waals surface area contributed by atoms with Crippen LogP contribution >= 0.6 is 0 Å². The van der Waals surface area contributed by atoms with Crippen LogP contribution in [0, 0.1) is 5.92 Å². The number of anilines is 1. The van der Waals surface area contributed by atoms with Crippen molar-refractivity contribution in [3.63, 3.8) is 0 Å². The molecule has 1 saturated carbocycles. The van der Waals surface area contributed by atoms with Crippen molar-refractivity contribution in [3.05, 3.63) is 29.3 Å². The molecule has 1 aliphatic heterocycles. The molecule has 0 aromatic heterocycles. The molecule has 1 amide bonds. The molecule has 1 N–H and O–H groups in total. The molecule has 112 valence electrons. The van der Waals surface area contributed by atoms with Gasteiger partial charge in [-0.2, -0.15) is 0 Å². The summed E-state index contributed by atoms with van der Waals surface area (Å²) in [6, 6.07) is 5.25. The third-order valence-corrected chi connectivity index (χ3v) is 4.72. The number of carboxylic acids is 1. The van der Waals surface area contributed by atoms with Gasteiger partial charge in [0.1, 0.15) is 0 Å². The Bertz CT molecular complexity index is 561. The highest BCUT2D eigenvalue weighted by Crippen LogP contribution is 2.33. The van der Waals surface area contributed by atoms with Gasteiger partial charge in [0.15, 0.2) is 0 Å². The number of carbonyl (C=O) groups excluding carboxylic acids is 1. The molecule has 0 spiro atoms. The molecule has 4 heteroatoms.